The maximum Gasteiger partial charge on any atom is 0.416 e. The normalized spacial score (nSPS) is 11.0. The monoisotopic (exact) mass is 403 g/mol. The molecule has 0 saturated carbocycles. The van der Waals surface area contributed by atoms with E-state index in [0.717, 1.165) is 24.3 Å². The van der Waals surface area contributed by atoms with E-state index in [2.05, 4.69) is 10.6 Å². The Morgan fingerprint density at radius 3 is 2.44 bits per heavy atom. The summed E-state index contributed by atoms with van der Waals surface area (Å²) in [5.74, 6) is -0.469. The molecule has 0 unspecified atom stereocenters. The molecule has 2 aromatic rings. The second kappa shape index (κ2) is 8.12. The van der Waals surface area contributed by atoms with Crippen LogP contribution in [0.5, 0.6) is 5.75 Å². The van der Waals surface area contributed by atoms with Gasteiger partial charge >= 0.3 is 6.18 Å². The Morgan fingerprint density at radius 2 is 1.89 bits per heavy atom. The van der Waals surface area contributed by atoms with Gasteiger partial charge in [0.2, 0.25) is 5.91 Å². The Labute approximate surface area is 156 Å². The van der Waals surface area contributed by atoms with Crippen molar-refractivity contribution in [2.75, 3.05) is 24.3 Å². The van der Waals surface area contributed by atoms with Crippen molar-refractivity contribution in [2.45, 2.75) is 6.18 Å². The molecule has 144 valence electrons. The summed E-state index contributed by atoms with van der Waals surface area (Å²) in [5.41, 5.74) is -0.762. The van der Waals surface area contributed by atoms with Crippen molar-refractivity contribution in [3.05, 3.63) is 57.1 Å². The van der Waals surface area contributed by atoms with Crippen LogP contribution in [0.3, 0.4) is 0 Å². The molecule has 7 nitrogen and oxygen atoms in total. The summed E-state index contributed by atoms with van der Waals surface area (Å²) in [6.07, 6.45) is -4.52. The molecule has 0 aliphatic rings. The van der Waals surface area contributed by atoms with Gasteiger partial charge in [-0.2, -0.15) is 13.2 Å². The average molecular weight is 404 g/mol. The number of nitrogens with one attached hydrogen (secondary N) is 2. The van der Waals surface area contributed by atoms with Crippen molar-refractivity contribution < 1.29 is 27.6 Å². The predicted octanol–water partition coefficient (Wildman–Crippen LogP) is 4.33. The number of alkyl halides is 3. The number of benzene rings is 2. The Morgan fingerprint density at radius 1 is 1.22 bits per heavy atom. The molecule has 0 atom stereocenters. The van der Waals surface area contributed by atoms with E-state index >= 15 is 0 Å². The maximum atomic E-state index is 12.6. The van der Waals surface area contributed by atoms with E-state index in [0.29, 0.717) is 0 Å². The van der Waals surface area contributed by atoms with Gasteiger partial charge in [0.05, 0.1) is 46.6 Å². The number of amides is 1. The first-order valence-electron chi connectivity index (χ1n) is 7.34. The highest BCUT2D eigenvalue weighted by atomic mass is 35.5. The highest BCUT2D eigenvalue weighted by Crippen LogP contribution is 2.34. The lowest BCUT2D eigenvalue weighted by Crippen LogP contribution is -2.22. The number of nitro benzene ring substituents is 1. The lowest BCUT2D eigenvalue weighted by atomic mass is 10.2. The number of hydrogen-bond acceptors (Lipinski definition) is 5. The SMILES string of the molecule is COc1cc([N+](=O)[O-])ccc1NC(=O)CNc1ccc(C(F)(F)F)cc1Cl. The number of nitrogens with zero attached hydrogens (tertiary/aromatic N) is 1. The number of anilines is 2. The number of methoxy groups -OCH3 is 1. The van der Waals surface area contributed by atoms with Crippen LogP contribution in [-0.2, 0) is 11.0 Å². The standard InChI is InChI=1S/C16H13ClF3N3O4/c1-27-14-7-10(23(25)26)3-5-13(14)22-15(24)8-21-12-4-2-9(6-11(12)17)16(18,19)20/h2-7,21H,8H2,1H3,(H,22,24). The molecule has 2 N–H and O–H groups in total. The molecule has 27 heavy (non-hydrogen) atoms. The van der Waals surface area contributed by atoms with Gasteiger partial charge in [0.15, 0.2) is 0 Å². The first kappa shape index (κ1) is 20.3. The highest BCUT2D eigenvalue weighted by Gasteiger charge is 2.30. The fourth-order valence-electron chi connectivity index (χ4n) is 2.10. The second-order valence-electron chi connectivity index (χ2n) is 5.24. The third-order valence-corrected chi connectivity index (χ3v) is 3.72. The molecule has 0 saturated heterocycles. The van der Waals surface area contributed by atoms with Gasteiger partial charge in [-0.25, -0.2) is 0 Å². The molecule has 0 bridgehead atoms. The Hall–Kier alpha value is -3.01. The molecule has 2 rings (SSSR count). The van der Waals surface area contributed by atoms with Crippen molar-refractivity contribution in [2.24, 2.45) is 0 Å². The predicted molar refractivity (Wildman–Crippen MR) is 93.2 cm³/mol. The fourth-order valence-corrected chi connectivity index (χ4v) is 2.35. The van der Waals surface area contributed by atoms with Crippen LogP contribution in [-0.4, -0.2) is 24.5 Å². The summed E-state index contributed by atoms with van der Waals surface area (Å²) in [6.45, 7) is -0.300. The van der Waals surface area contributed by atoms with Gasteiger partial charge in [-0.15, -0.1) is 0 Å². The molecule has 1 amide bonds. The van der Waals surface area contributed by atoms with Gasteiger partial charge in [0.1, 0.15) is 5.75 Å². The minimum atomic E-state index is -4.52. The Bertz CT molecular complexity index is 874. The lowest BCUT2D eigenvalue weighted by Gasteiger charge is -2.13. The van der Waals surface area contributed by atoms with Gasteiger partial charge in [0.25, 0.3) is 5.69 Å². The smallest absolute Gasteiger partial charge is 0.416 e. The number of ether oxygens (including phenoxy) is 1. The zero-order valence-corrected chi connectivity index (χ0v) is 14.5. The molecular weight excluding hydrogens is 391 g/mol. The quantitative estimate of drug-likeness (QED) is 0.553. The van der Waals surface area contributed by atoms with Crippen LogP contribution in [0.1, 0.15) is 5.56 Å². The van der Waals surface area contributed by atoms with E-state index in [1.54, 1.807) is 0 Å². The number of halogens is 4. The zero-order valence-electron chi connectivity index (χ0n) is 13.8. The molecule has 0 aliphatic heterocycles. The van der Waals surface area contributed by atoms with Gasteiger partial charge in [-0.05, 0) is 24.3 Å². The number of carbonyl (C=O) groups excluding carboxylic acids is 1. The summed E-state index contributed by atoms with van der Waals surface area (Å²) in [7, 11) is 1.29. The molecule has 11 heteroatoms. The van der Waals surface area contributed by atoms with Gasteiger partial charge < -0.3 is 15.4 Å². The maximum absolute atomic E-state index is 12.6. The molecule has 0 spiro atoms. The van der Waals surface area contributed by atoms with E-state index < -0.39 is 22.6 Å². The van der Waals surface area contributed by atoms with Crippen molar-refractivity contribution in [3.63, 3.8) is 0 Å². The lowest BCUT2D eigenvalue weighted by molar-refractivity contribution is -0.384. The summed E-state index contributed by atoms with van der Waals surface area (Å²) >= 11 is 5.80. The summed E-state index contributed by atoms with van der Waals surface area (Å²) in [4.78, 5) is 22.2. The Balaban J connectivity index is 2.04. The summed E-state index contributed by atoms with van der Waals surface area (Å²) in [5, 5.41) is 15.7. The van der Waals surface area contributed by atoms with Gasteiger partial charge in [0, 0.05) is 6.07 Å². The number of rotatable bonds is 6. The molecular formula is C16H13ClF3N3O4. The average Bonchev–Trinajstić information content (AvgIpc) is 2.59. The first-order valence-corrected chi connectivity index (χ1v) is 7.72. The molecule has 0 aromatic heterocycles. The molecule has 2 aromatic carbocycles. The van der Waals surface area contributed by atoms with E-state index in [4.69, 9.17) is 16.3 Å². The van der Waals surface area contributed by atoms with E-state index in [-0.39, 0.29) is 34.4 Å². The van der Waals surface area contributed by atoms with Crippen LogP contribution in [0, 0.1) is 10.1 Å². The molecule has 0 fully saturated rings. The van der Waals surface area contributed by atoms with Crippen molar-refractivity contribution in [1.82, 2.24) is 0 Å². The minimum absolute atomic E-state index is 0.0881. The number of carbonyl (C=O) groups is 1. The van der Waals surface area contributed by atoms with E-state index in [1.807, 2.05) is 0 Å². The summed E-state index contributed by atoms with van der Waals surface area (Å²) in [6, 6.07) is 6.35. The van der Waals surface area contributed by atoms with Crippen LogP contribution in [0.2, 0.25) is 5.02 Å². The van der Waals surface area contributed by atoms with E-state index in [1.165, 1.54) is 19.2 Å². The number of hydrogen-bond donors (Lipinski definition) is 2. The van der Waals surface area contributed by atoms with Crippen LogP contribution < -0.4 is 15.4 Å². The van der Waals surface area contributed by atoms with Crippen molar-refractivity contribution in [3.8, 4) is 5.75 Å². The fraction of sp³-hybridized carbons (Fsp3) is 0.188. The van der Waals surface area contributed by atoms with E-state index in [9.17, 15) is 28.1 Å². The Kier molecular flexibility index (Phi) is 6.11. The van der Waals surface area contributed by atoms with Gasteiger partial charge in [-0.3, -0.25) is 14.9 Å². The third kappa shape index (κ3) is 5.23. The van der Waals surface area contributed by atoms with Crippen molar-refractivity contribution >= 4 is 34.6 Å². The van der Waals surface area contributed by atoms with Crippen LogP contribution in [0.25, 0.3) is 0 Å². The van der Waals surface area contributed by atoms with Crippen LogP contribution in [0.15, 0.2) is 36.4 Å². The molecule has 0 heterocycles. The number of non-ortho nitro benzene ring substituents is 1. The van der Waals surface area contributed by atoms with Crippen LogP contribution in [0.4, 0.5) is 30.2 Å². The second-order valence-corrected chi connectivity index (χ2v) is 5.64. The zero-order chi connectivity index (χ0) is 20.2. The van der Waals surface area contributed by atoms with Gasteiger partial charge in [-0.1, -0.05) is 11.6 Å². The number of nitro groups is 1. The topological polar surface area (TPSA) is 93.5 Å². The van der Waals surface area contributed by atoms with Crippen molar-refractivity contribution in [1.29, 1.82) is 0 Å². The van der Waals surface area contributed by atoms with Crippen LogP contribution >= 0.6 is 11.6 Å². The molecule has 0 aliphatic carbocycles. The summed E-state index contributed by atoms with van der Waals surface area (Å²) < 4.78 is 42.8. The minimum Gasteiger partial charge on any atom is -0.494 e. The largest absolute Gasteiger partial charge is 0.494 e. The first-order chi connectivity index (χ1) is 12.6. The molecule has 0 radical (unpaired) electrons. The highest BCUT2D eigenvalue weighted by molar-refractivity contribution is 6.33. The third-order valence-electron chi connectivity index (χ3n) is 3.41.